The number of rotatable bonds is 3. The van der Waals surface area contributed by atoms with Gasteiger partial charge in [0.15, 0.2) is 0 Å². The predicted molar refractivity (Wildman–Crippen MR) is 154 cm³/mol. The van der Waals surface area contributed by atoms with Gasteiger partial charge in [-0.1, -0.05) is 81.6 Å². The van der Waals surface area contributed by atoms with E-state index in [-0.39, 0.29) is 18.3 Å². The van der Waals surface area contributed by atoms with Crippen LogP contribution in [0.2, 0.25) is 5.76 Å². The molecule has 0 amide bonds. The zero-order valence-corrected chi connectivity index (χ0v) is 27.2. The van der Waals surface area contributed by atoms with Crippen LogP contribution in [0, 0.1) is 53.3 Å². The van der Waals surface area contributed by atoms with E-state index in [4.69, 9.17) is 0 Å². The molecule has 0 aromatic carbocycles. The first-order valence-electron chi connectivity index (χ1n) is 14.9. The van der Waals surface area contributed by atoms with Gasteiger partial charge in [-0.15, -0.1) is 0 Å². The Bertz CT molecular complexity index is 438. The van der Waals surface area contributed by atoms with Gasteiger partial charge in [-0.3, -0.25) is 0 Å². The molecule has 35 heavy (non-hydrogen) atoms. The van der Waals surface area contributed by atoms with Gasteiger partial charge in [-0.25, -0.2) is 0 Å². The summed E-state index contributed by atoms with van der Waals surface area (Å²) < 4.78 is 0. The van der Waals surface area contributed by atoms with Gasteiger partial charge in [0.1, 0.15) is 0 Å². The predicted octanol–water partition coefficient (Wildman–Crippen LogP) is 7.52. The van der Waals surface area contributed by atoms with E-state index >= 15 is 0 Å². The number of hydrogen-bond acceptors (Lipinski definition) is 3. The molecule has 3 rings (SSSR count). The van der Waals surface area contributed by atoms with Crippen LogP contribution in [0.4, 0.5) is 0 Å². The zero-order valence-electron chi connectivity index (χ0n) is 25.1. The molecule has 3 aliphatic rings. The molecule has 3 radical (unpaired) electrons. The van der Waals surface area contributed by atoms with Crippen molar-refractivity contribution in [2.24, 2.45) is 53.3 Å². The summed E-state index contributed by atoms with van der Waals surface area (Å²) >= 11 is 2.00. The average Bonchev–Trinajstić information content (AvgIpc) is 2.75. The molecule has 3 nitrogen and oxygen atoms in total. The molecule has 0 bridgehead atoms. The van der Waals surface area contributed by atoms with E-state index in [1.54, 1.807) is 0 Å². The van der Waals surface area contributed by atoms with Gasteiger partial charge in [-0.05, 0) is 91.8 Å². The SMILES string of the molecule is CC1CCC(C(C)C)C(O)C1.CC1CCC(C(C)C)C(O)C1.CC1CCC(C(C)C)C(O)C1.[CH3][Ge]. The molecule has 9 atom stereocenters. The molecule has 0 aromatic heterocycles. The number of aliphatic hydroxyl groups excluding tert-OH is 3. The third-order valence-electron chi connectivity index (χ3n) is 8.96. The average molecular weight is 556 g/mol. The monoisotopic (exact) mass is 557 g/mol. The van der Waals surface area contributed by atoms with E-state index in [1.807, 2.05) is 22.3 Å². The standard InChI is InChI=1S/3C10H20O.CH3Ge/c3*1-7(2)9-5-4-8(3)6-10(9)11;1-2/h3*7-11H,4-6H2,1-3H3;1H3. The van der Waals surface area contributed by atoms with E-state index in [2.05, 4.69) is 62.3 Å². The van der Waals surface area contributed by atoms with E-state index in [9.17, 15) is 15.3 Å². The molecular weight excluding hydrogens is 493 g/mol. The normalized spacial score (nSPS) is 37.5. The van der Waals surface area contributed by atoms with Gasteiger partial charge in [0, 0.05) is 0 Å². The van der Waals surface area contributed by atoms with E-state index in [1.165, 1.54) is 38.5 Å². The third kappa shape index (κ3) is 13.7. The van der Waals surface area contributed by atoms with Gasteiger partial charge in [-0.2, -0.15) is 0 Å². The Kier molecular flexibility index (Phi) is 18.9. The van der Waals surface area contributed by atoms with Crippen molar-refractivity contribution in [3.63, 3.8) is 0 Å². The molecule has 3 fully saturated rings. The summed E-state index contributed by atoms with van der Waals surface area (Å²) in [6, 6.07) is 0. The molecule has 0 heterocycles. The van der Waals surface area contributed by atoms with E-state index < -0.39 is 0 Å². The van der Waals surface area contributed by atoms with Crippen LogP contribution in [-0.4, -0.2) is 50.1 Å². The van der Waals surface area contributed by atoms with Crippen molar-refractivity contribution in [2.75, 3.05) is 0 Å². The Morgan fingerprint density at radius 1 is 0.457 bits per heavy atom. The van der Waals surface area contributed by atoms with Crippen LogP contribution in [0.1, 0.15) is 120 Å². The van der Waals surface area contributed by atoms with Gasteiger partial charge in [0.05, 0.1) is 18.3 Å². The van der Waals surface area contributed by atoms with Crippen LogP contribution in [0.25, 0.3) is 0 Å². The molecule has 9 unspecified atom stereocenters. The second-order valence-corrected chi connectivity index (χ2v) is 13.2. The van der Waals surface area contributed by atoms with Crippen molar-refractivity contribution in [3.8, 4) is 0 Å². The van der Waals surface area contributed by atoms with Crippen molar-refractivity contribution in [1.82, 2.24) is 0 Å². The fourth-order valence-electron chi connectivity index (χ4n) is 6.46. The Labute approximate surface area is 228 Å². The quantitative estimate of drug-likeness (QED) is 0.315. The minimum atomic E-state index is -0.0289. The summed E-state index contributed by atoms with van der Waals surface area (Å²) in [6.45, 7) is 20.0. The number of aliphatic hydroxyl groups is 3. The second kappa shape index (κ2) is 18.6. The van der Waals surface area contributed by atoms with Crippen molar-refractivity contribution < 1.29 is 15.3 Å². The molecule has 3 aliphatic carbocycles. The first-order chi connectivity index (χ1) is 16.3. The molecule has 0 saturated heterocycles. The van der Waals surface area contributed by atoms with E-state index in [0.717, 1.165) is 37.0 Å². The molecule has 0 aromatic rings. The Balaban J connectivity index is 0.000000478. The van der Waals surface area contributed by atoms with Gasteiger partial charge < -0.3 is 15.3 Å². The topological polar surface area (TPSA) is 60.7 Å². The van der Waals surface area contributed by atoms with Crippen LogP contribution in [0.5, 0.6) is 0 Å². The molecule has 209 valence electrons. The Hall–Kier alpha value is 0.423. The Morgan fingerprint density at radius 2 is 0.657 bits per heavy atom. The first kappa shape index (κ1) is 35.4. The fraction of sp³-hybridized carbons (Fsp3) is 1.00. The molecule has 4 heteroatoms. The summed E-state index contributed by atoms with van der Waals surface area (Å²) in [4.78, 5) is 0. The van der Waals surface area contributed by atoms with Gasteiger partial charge >= 0.3 is 22.3 Å². The van der Waals surface area contributed by atoms with Crippen LogP contribution in [-0.2, 0) is 0 Å². The van der Waals surface area contributed by atoms with Crippen LogP contribution < -0.4 is 0 Å². The summed E-state index contributed by atoms with van der Waals surface area (Å²) in [5.41, 5.74) is 0. The zero-order chi connectivity index (χ0) is 27.3. The Morgan fingerprint density at radius 3 is 0.800 bits per heavy atom. The third-order valence-corrected chi connectivity index (χ3v) is 8.96. The van der Waals surface area contributed by atoms with E-state index in [0.29, 0.717) is 35.5 Å². The van der Waals surface area contributed by atoms with Crippen LogP contribution >= 0.6 is 0 Å². The van der Waals surface area contributed by atoms with Gasteiger partial charge in [0.2, 0.25) is 0 Å². The summed E-state index contributed by atoms with van der Waals surface area (Å²) in [7, 11) is 0. The fourth-order valence-corrected chi connectivity index (χ4v) is 6.46. The maximum absolute atomic E-state index is 9.71. The molecule has 0 spiro atoms. The summed E-state index contributed by atoms with van der Waals surface area (Å²) in [5, 5.41) is 29.1. The van der Waals surface area contributed by atoms with Crippen molar-refractivity contribution in [1.29, 1.82) is 0 Å². The first-order valence-corrected chi connectivity index (χ1v) is 17.0. The second-order valence-electron chi connectivity index (χ2n) is 13.2. The minimum absolute atomic E-state index is 0.0289. The van der Waals surface area contributed by atoms with Crippen LogP contribution in [0.3, 0.4) is 0 Å². The molecule has 0 aliphatic heterocycles. The number of hydrogen-bond donors (Lipinski definition) is 3. The van der Waals surface area contributed by atoms with Crippen LogP contribution in [0.15, 0.2) is 0 Å². The van der Waals surface area contributed by atoms with Gasteiger partial charge in [0.25, 0.3) is 0 Å². The summed E-state index contributed by atoms with van der Waals surface area (Å²) in [5.74, 6) is 7.84. The molecular formula is C31H63GeO3. The summed E-state index contributed by atoms with van der Waals surface area (Å²) in [6.07, 6.45) is 10.5. The molecule has 3 saturated carbocycles. The molecule has 3 N–H and O–H groups in total. The van der Waals surface area contributed by atoms with Crippen molar-refractivity contribution >= 4 is 16.5 Å². The maximum atomic E-state index is 9.71. The van der Waals surface area contributed by atoms with Crippen molar-refractivity contribution in [3.05, 3.63) is 0 Å². The van der Waals surface area contributed by atoms with Crippen molar-refractivity contribution in [2.45, 2.75) is 144 Å².